The molecule has 112 valence electrons. The Morgan fingerprint density at radius 1 is 1.29 bits per heavy atom. The Bertz CT molecular complexity index is 591. The zero-order chi connectivity index (χ0) is 15.2. The zero-order valence-corrected chi connectivity index (χ0v) is 14.6. The van der Waals surface area contributed by atoms with Crippen LogP contribution in [0.25, 0.3) is 11.5 Å². The van der Waals surface area contributed by atoms with E-state index in [1.807, 2.05) is 13.0 Å². The molecule has 2 rings (SSSR count). The van der Waals surface area contributed by atoms with E-state index in [0.717, 1.165) is 39.3 Å². The molecule has 2 aromatic rings. The first-order valence-electron chi connectivity index (χ1n) is 6.94. The van der Waals surface area contributed by atoms with E-state index in [1.54, 1.807) is 13.3 Å². The summed E-state index contributed by atoms with van der Waals surface area (Å²) in [6.07, 6.45) is 2.67. The van der Waals surface area contributed by atoms with Gasteiger partial charge in [0.2, 0.25) is 0 Å². The van der Waals surface area contributed by atoms with Crippen molar-refractivity contribution in [2.24, 2.45) is 0 Å². The number of halogens is 1. The van der Waals surface area contributed by atoms with Crippen LogP contribution in [0.5, 0.6) is 0 Å². The molecule has 0 spiro atoms. The van der Waals surface area contributed by atoms with Crippen LogP contribution < -0.4 is 5.32 Å². The molecule has 0 amide bonds. The topological polar surface area (TPSA) is 59.9 Å². The minimum absolute atomic E-state index is 0.459. The van der Waals surface area contributed by atoms with Crippen LogP contribution >= 0.6 is 22.6 Å². The number of aryl methyl sites for hydroxylation is 1. The van der Waals surface area contributed by atoms with Gasteiger partial charge >= 0.3 is 0 Å². The second kappa shape index (κ2) is 7.65. The lowest BCUT2D eigenvalue weighted by atomic mass is 10.1. The van der Waals surface area contributed by atoms with Crippen LogP contribution in [0, 0.1) is 3.57 Å². The Kier molecular flexibility index (Phi) is 5.86. The van der Waals surface area contributed by atoms with Crippen molar-refractivity contribution < 1.29 is 4.74 Å². The maximum Gasteiger partial charge on any atom is 0.180 e. The molecule has 0 saturated carbocycles. The molecule has 5 nitrogen and oxygen atoms in total. The normalized spacial score (nSPS) is 10.7. The van der Waals surface area contributed by atoms with Gasteiger partial charge in [-0.2, -0.15) is 0 Å². The highest BCUT2D eigenvalue weighted by atomic mass is 127. The smallest absolute Gasteiger partial charge is 0.180 e. The maximum absolute atomic E-state index is 5.25. The number of anilines is 1. The molecule has 0 bridgehead atoms. The molecule has 0 aromatic carbocycles. The van der Waals surface area contributed by atoms with Crippen molar-refractivity contribution in [3.05, 3.63) is 33.2 Å². The fourth-order valence-corrected chi connectivity index (χ4v) is 2.63. The van der Waals surface area contributed by atoms with Gasteiger partial charge in [-0.1, -0.05) is 13.0 Å². The van der Waals surface area contributed by atoms with Crippen molar-refractivity contribution in [3.63, 3.8) is 0 Å². The number of nitrogens with one attached hydrogen (secondary N) is 1. The second-order valence-electron chi connectivity index (χ2n) is 4.48. The van der Waals surface area contributed by atoms with Crippen LogP contribution in [0.15, 0.2) is 18.3 Å². The average molecular weight is 398 g/mol. The van der Waals surface area contributed by atoms with Gasteiger partial charge in [0.15, 0.2) is 5.82 Å². The van der Waals surface area contributed by atoms with E-state index in [1.165, 1.54) is 0 Å². The standard InChI is InChI=1S/C15H19IN4O/c1-4-10-7-6-8-18-13(10)15-19-11(9-21-3)12(16)14(20-15)17-5-2/h6-8H,4-5,9H2,1-3H3,(H,17,19,20). The number of aromatic nitrogens is 3. The first-order valence-corrected chi connectivity index (χ1v) is 8.02. The molecule has 1 N–H and O–H groups in total. The van der Waals surface area contributed by atoms with E-state index in [2.05, 4.69) is 55.8 Å². The maximum atomic E-state index is 5.25. The van der Waals surface area contributed by atoms with E-state index >= 15 is 0 Å². The molecule has 2 aromatic heterocycles. The van der Waals surface area contributed by atoms with E-state index in [-0.39, 0.29) is 0 Å². The van der Waals surface area contributed by atoms with E-state index in [4.69, 9.17) is 4.74 Å². The quantitative estimate of drug-likeness (QED) is 0.757. The van der Waals surface area contributed by atoms with Gasteiger partial charge in [-0.25, -0.2) is 9.97 Å². The molecule has 0 radical (unpaired) electrons. The first kappa shape index (κ1) is 16.1. The summed E-state index contributed by atoms with van der Waals surface area (Å²) in [4.78, 5) is 13.7. The molecule has 0 aliphatic carbocycles. The molecule has 21 heavy (non-hydrogen) atoms. The van der Waals surface area contributed by atoms with Gasteiger partial charge in [-0.05, 0) is 47.6 Å². The molecule has 0 aliphatic rings. The van der Waals surface area contributed by atoms with Crippen molar-refractivity contribution in [3.8, 4) is 11.5 Å². The lowest BCUT2D eigenvalue weighted by molar-refractivity contribution is 0.181. The molecular formula is C15H19IN4O. The summed E-state index contributed by atoms with van der Waals surface area (Å²) < 4.78 is 6.24. The highest BCUT2D eigenvalue weighted by Gasteiger charge is 2.15. The molecule has 0 saturated heterocycles. The zero-order valence-electron chi connectivity index (χ0n) is 12.5. The predicted molar refractivity (Wildman–Crippen MR) is 92.2 cm³/mol. The van der Waals surface area contributed by atoms with E-state index < -0.39 is 0 Å². The predicted octanol–water partition coefficient (Wildman–Crippen LogP) is 3.28. The molecule has 0 fully saturated rings. The van der Waals surface area contributed by atoms with Crippen LogP contribution in [0.1, 0.15) is 25.1 Å². The van der Waals surface area contributed by atoms with Gasteiger partial charge in [-0.15, -0.1) is 0 Å². The summed E-state index contributed by atoms with van der Waals surface area (Å²) in [6, 6.07) is 4.00. The summed E-state index contributed by atoms with van der Waals surface area (Å²) in [5.74, 6) is 1.48. The van der Waals surface area contributed by atoms with Gasteiger partial charge in [0, 0.05) is 19.9 Å². The van der Waals surface area contributed by atoms with Crippen molar-refractivity contribution >= 4 is 28.4 Å². The van der Waals surface area contributed by atoms with E-state index in [0.29, 0.717) is 12.4 Å². The van der Waals surface area contributed by atoms with Crippen LogP contribution in [-0.2, 0) is 17.8 Å². The second-order valence-corrected chi connectivity index (χ2v) is 5.56. The molecule has 2 heterocycles. The Morgan fingerprint density at radius 3 is 2.76 bits per heavy atom. The Balaban J connectivity index is 2.57. The third kappa shape index (κ3) is 3.68. The van der Waals surface area contributed by atoms with Crippen molar-refractivity contribution in [1.82, 2.24) is 15.0 Å². The molecule has 0 atom stereocenters. The highest BCUT2D eigenvalue weighted by molar-refractivity contribution is 14.1. The number of hydrogen-bond donors (Lipinski definition) is 1. The number of hydrogen-bond acceptors (Lipinski definition) is 5. The third-order valence-electron chi connectivity index (χ3n) is 3.03. The largest absolute Gasteiger partial charge is 0.378 e. The number of rotatable bonds is 6. The SMILES string of the molecule is CCNc1nc(-c2ncccc2CC)nc(COC)c1I. The number of ether oxygens (including phenoxy) is 1. The molecule has 0 aliphatic heterocycles. The summed E-state index contributed by atoms with van der Waals surface area (Å²) in [6.45, 7) is 5.42. The Hall–Kier alpha value is -1.28. The minimum Gasteiger partial charge on any atom is -0.378 e. The monoisotopic (exact) mass is 398 g/mol. The average Bonchev–Trinajstić information content (AvgIpc) is 2.51. The molecular weight excluding hydrogens is 379 g/mol. The summed E-state index contributed by atoms with van der Waals surface area (Å²) >= 11 is 2.25. The van der Waals surface area contributed by atoms with Gasteiger partial charge in [-0.3, -0.25) is 4.98 Å². The van der Waals surface area contributed by atoms with Gasteiger partial charge in [0.25, 0.3) is 0 Å². The highest BCUT2D eigenvalue weighted by Crippen LogP contribution is 2.25. The molecule has 0 unspecified atom stereocenters. The number of nitrogens with zero attached hydrogens (tertiary/aromatic N) is 3. The van der Waals surface area contributed by atoms with Gasteiger partial charge < -0.3 is 10.1 Å². The molecule has 6 heteroatoms. The van der Waals surface area contributed by atoms with Crippen LogP contribution in [-0.4, -0.2) is 28.6 Å². The fourth-order valence-electron chi connectivity index (χ4n) is 2.04. The van der Waals surface area contributed by atoms with E-state index in [9.17, 15) is 0 Å². The van der Waals surface area contributed by atoms with Crippen molar-refractivity contribution in [2.75, 3.05) is 19.0 Å². The summed E-state index contributed by atoms with van der Waals surface area (Å²) in [5, 5.41) is 3.28. The Morgan fingerprint density at radius 2 is 2.10 bits per heavy atom. The lowest BCUT2D eigenvalue weighted by Gasteiger charge is -2.13. The van der Waals surface area contributed by atoms with Crippen molar-refractivity contribution in [2.45, 2.75) is 26.9 Å². The van der Waals surface area contributed by atoms with Crippen LogP contribution in [0.3, 0.4) is 0 Å². The number of pyridine rings is 1. The van der Waals surface area contributed by atoms with Gasteiger partial charge in [0.1, 0.15) is 11.5 Å². The third-order valence-corrected chi connectivity index (χ3v) is 4.16. The summed E-state index contributed by atoms with van der Waals surface area (Å²) in [7, 11) is 1.67. The Labute approximate surface area is 138 Å². The first-order chi connectivity index (χ1) is 10.2. The van der Waals surface area contributed by atoms with Crippen molar-refractivity contribution in [1.29, 1.82) is 0 Å². The lowest BCUT2D eigenvalue weighted by Crippen LogP contribution is -2.09. The van der Waals surface area contributed by atoms with Crippen LogP contribution in [0.4, 0.5) is 5.82 Å². The summed E-state index contributed by atoms with van der Waals surface area (Å²) in [5.41, 5.74) is 2.86. The fraction of sp³-hybridized carbons (Fsp3) is 0.400. The van der Waals surface area contributed by atoms with Crippen LogP contribution in [0.2, 0.25) is 0 Å². The van der Waals surface area contributed by atoms with Gasteiger partial charge in [0.05, 0.1) is 15.9 Å². The minimum atomic E-state index is 0.459. The number of methoxy groups -OCH3 is 1.